The zero-order valence-corrected chi connectivity index (χ0v) is 12.1. The Balaban J connectivity index is 1.82. The van der Waals surface area contributed by atoms with Gasteiger partial charge in [-0.3, -0.25) is 9.36 Å². The topological polar surface area (TPSA) is 56.2 Å². The van der Waals surface area contributed by atoms with Gasteiger partial charge in [0.25, 0.3) is 5.56 Å². The molecule has 1 unspecified atom stereocenters. The van der Waals surface area contributed by atoms with Crippen LogP contribution in [-0.2, 0) is 11.3 Å². The quantitative estimate of drug-likeness (QED) is 0.826. The maximum absolute atomic E-state index is 11.9. The molecule has 2 heterocycles. The van der Waals surface area contributed by atoms with Crippen LogP contribution in [0.3, 0.4) is 0 Å². The summed E-state index contributed by atoms with van der Waals surface area (Å²) in [5.41, 5.74) is -0.0265. The number of hydrogen-bond donors (Lipinski definition) is 1. The minimum atomic E-state index is -0.0265. The number of rotatable bonds is 5. The van der Waals surface area contributed by atoms with Gasteiger partial charge in [0.05, 0.1) is 6.10 Å². The smallest absolute Gasteiger partial charge is 0.267 e. The van der Waals surface area contributed by atoms with Crippen LogP contribution in [0.15, 0.2) is 15.5 Å². The normalized spacial score (nSPS) is 19.3. The van der Waals surface area contributed by atoms with E-state index in [0.29, 0.717) is 17.1 Å². The fraction of sp³-hybridized carbons (Fsp3) is 0.667. The molecule has 0 bridgehead atoms. The molecule has 0 spiro atoms. The molecule has 1 saturated heterocycles. The van der Waals surface area contributed by atoms with E-state index in [9.17, 15) is 4.79 Å². The first-order valence-electron chi connectivity index (χ1n) is 6.23. The Bertz CT molecular complexity index is 455. The fourth-order valence-corrected chi connectivity index (χ4v) is 2.39. The average Bonchev–Trinajstić information content (AvgIpc) is 2.86. The van der Waals surface area contributed by atoms with E-state index in [0.717, 1.165) is 38.4 Å². The Hall–Kier alpha value is -0.720. The van der Waals surface area contributed by atoms with Crippen molar-refractivity contribution in [2.75, 3.05) is 19.7 Å². The summed E-state index contributed by atoms with van der Waals surface area (Å²) >= 11 is 3.21. The summed E-state index contributed by atoms with van der Waals surface area (Å²) in [6, 6.07) is 0. The predicted octanol–water partition coefficient (Wildman–Crippen LogP) is 1.08. The molecule has 1 aromatic rings. The highest BCUT2D eigenvalue weighted by Gasteiger charge is 2.14. The van der Waals surface area contributed by atoms with Gasteiger partial charge in [0, 0.05) is 32.4 Å². The molecule has 1 atom stereocenters. The third kappa shape index (κ3) is 3.40. The Morgan fingerprint density at radius 1 is 1.67 bits per heavy atom. The van der Waals surface area contributed by atoms with Crippen LogP contribution in [0.1, 0.15) is 18.7 Å². The van der Waals surface area contributed by atoms with Crippen LogP contribution in [0.2, 0.25) is 0 Å². The Kier molecular flexibility index (Phi) is 4.91. The molecule has 1 N–H and O–H groups in total. The maximum Gasteiger partial charge on any atom is 0.267 e. The van der Waals surface area contributed by atoms with Gasteiger partial charge in [-0.2, -0.15) is 0 Å². The van der Waals surface area contributed by atoms with Gasteiger partial charge < -0.3 is 10.1 Å². The molecule has 0 saturated carbocycles. The Morgan fingerprint density at radius 3 is 3.22 bits per heavy atom. The first kappa shape index (κ1) is 13.7. The summed E-state index contributed by atoms with van der Waals surface area (Å²) in [6.07, 6.45) is 4.17. The lowest BCUT2D eigenvalue weighted by Crippen LogP contribution is -2.33. The second-order valence-electron chi connectivity index (χ2n) is 4.45. The number of nitrogens with one attached hydrogen (secondary N) is 1. The van der Waals surface area contributed by atoms with E-state index in [1.165, 1.54) is 0 Å². The molecule has 1 aliphatic rings. The average molecular weight is 316 g/mol. The Labute approximate surface area is 115 Å². The molecule has 1 aliphatic heterocycles. The van der Waals surface area contributed by atoms with Gasteiger partial charge in [0.1, 0.15) is 10.3 Å². The molecule has 100 valence electrons. The molecule has 0 aliphatic carbocycles. The summed E-state index contributed by atoms with van der Waals surface area (Å²) < 4.78 is 7.70. The van der Waals surface area contributed by atoms with Crippen LogP contribution in [0.25, 0.3) is 0 Å². The van der Waals surface area contributed by atoms with E-state index < -0.39 is 0 Å². The van der Waals surface area contributed by atoms with Crippen LogP contribution in [-0.4, -0.2) is 35.4 Å². The van der Waals surface area contributed by atoms with Gasteiger partial charge in [-0.1, -0.05) is 0 Å². The van der Waals surface area contributed by atoms with Crippen molar-refractivity contribution in [3.05, 3.63) is 26.8 Å². The van der Waals surface area contributed by atoms with Crippen molar-refractivity contribution in [3.8, 4) is 0 Å². The minimum Gasteiger partial charge on any atom is -0.377 e. The molecule has 1 aromatic heterocycles. The van der Waals surface area contributed by atoms with Crippen molar-refractivity contribution in [1.82, 2.24) is 14.9 Å². The molecule has 0 aromatic carbocycles. The van der Waals surface area contributed by atoms with Crippen LogP contribution >= 0.6 is 15.9 Å². The SMILES string of the molecule is Cc1ncc(Br)c(=O)n1CCNCC1CCCO1. The van der Waals surface area contributed by atoms with Gasteiger partial charge in [0.2, 0.25) is 0 Å². The largest absolute Gasteiger partial charge is 0.377 e. The third-order valence-corrected chi connectivity index (χ3v) is 3.66. The fourth-order valence-electron chi connectivity index (χ4n) is 2.07. The molecule has 0 radical (unpaired) electrons. The zero-order chi connectivity index (χ0) is 13.0. The van der Waals surface area contributed by atoms with Crippen LogP contribution in [0.5, 0.6) is 0 Å². The zero-order valence-electron chi connectivity index (χ0n) is 10.5. The lowest BCUT2D eigenvalue weighted by atomic mass is 10.2. The summed E-state index contributed by atoms with van der Waals surface area (Å²) in [6.45, 7) is 4.95. The Morgan fingerprint density at radius 2 is 2.50 bits per heavy atom. The molecule has 6 heteroatoms. The van der Waals surface area contributed by atoms with Crippen LogP contribution in [0.4, 0.5) is 0 Å². The molecule has 0 amide bonds. The number of aromatic nitrogens is 2. The summed E-state index contributed by atoms with van der Waals surface area (Å²) in [4.78, 5) is 16.0. The van der Waals surface area contributed by atoms with Gasteiger partial charge in [-0.15, -0.1) is 0 Å². The van der Waals surface area contributed by atoms with Crippen molar-refractivity contribution in [3.63, 3.8) is 0 Å². The molecule has 2 rings (SSSR count). The molecular formula is C12H18BrN3O2. The first-order chi connectivity index (χ1) is 8.68. The van der Waals surface area contributed by atoms with Crippen LogP contribution < -0.4 is 10.9 Å². The number of hydrogen-bond acceptors (Lipinski definition) is 4. The van der Waals surface area contributed by atoms with Gasteiger partial charge in [-0.25, -0.2) is 4.98 Å². The van der Waals surface area contributed by atoms with E-state index in [1.807, 2.05) is 6.92 Å². The minimum absolute atomic E-state index is 0.0265. The molecular weight excluding hydrogens is 298 g/mol. The van der Waals surface area contributed by atoms with Crippen molar-refractivity contribution in [1.29, 1.82) is 0 Å². The first-order valence-corrected chi connectivity index (χ1v) is 7.02. The maximum atomic E-state index is 11.9. The van der Waals surface area contributed by atoms with Gasteiger partial charge in [-0.05, 0) is 35.7 Å². The van der Waals surface area contributed by atoms with Crippen molar-refractivity contribution >= 4 is 15.9 Å². The summed E-state index contributed by atoms with van der Waals surface area (Å²) in [5.74, 6) is 0.738. The monoisotopic (exact) mass is 315 g/mol. The van der Waals surface area contributed by atoms with E-state index >= 15 is 0 Å². The second-order valence-corrected chi connectivity index (χ2v) is 5.30. The lowest BCUT2D eigenvalue weighted by Gasteiger charge is -2.12. The predicted molar refractivity (Wildman–Crippen MR) is 72.8 cm³/mol. The highest BCUT2D eigenvalue weighted by Crippen LogP contribution is 2.10. The van der Waals surface area contributed by atoms with Gasteiger partial charge in [0.15, 0.2) is 0 Å². The number of nitrogens with zero attached hydrogens (tertiary/aromatic N) is 2. The number of halogens is 1. The molecule has 18 heavy (non-hydrogen) atoms. The molecule has 1 fully saturated rings. The molecule has 5 nitrogen and oxygen atoms in total. The van der Waals surface area contributed by atoms with E-state index in [2.05, 4.69) is 26.2 Å². The number of ether oxygens (including phenoxy) is 1. The summed E-state index contributed by atoms with van der Waals surface area (Å²) in [5, 5.41) is 3.32. The van der Waals surface area contributed by atoms with Crippen molar-refractivity contribution < 1.29 is 4.74 Å². The van der Waals surface area contributed by atoms with Crippen molar-refractivity contribution in [2.45, 2.75) is 32.4 Å². The van der Waals surface area contributed by atoms with Crippen molar-refractivity contribution in [2.24, 2.45) is 0 Å². The van der Waals surface area contributed by atoms with Gasteiger partial charge >= 0.3 is 0 Å². The second kappa shape index (κ2) is 6.45. The number of aryl methyl sites for hydroxylation is 1. The highest BCUT2D eigenvalue weighted by molar-refractivity contribution is 9.10. The van der Waals surface area contributed by atoms with E-state index in [4.69, 9.17) is 4.74 Å². The highest BCUT2D eigenvalue weighted by atomic mass is 79.9. The third-order valence-electron chi connectivity index (χ3n) is 3.11. The van der Waals surface area contributed by atoms with E-state index in [-0.39, 0.29) is 5.56 Å². The standard InChI is InChI=1S/C12H18BrN3O2/c1-9-15-8-11(13)12(17)16(9)5-4-14-7-10-3-2-6-18-10/h8,10,14H,2-7H2,1H3. The lowest BCUT2D eigenvalue weighted by molar-refractivity contribution is 0.110. The summed E-state index contributed by atoms with van der Waals surface area (Å²) in [7, 11) is 0. The van der Waals surface area contributed by atoms with Crippen LogP contribution in [0, 0.1) is 6.92 Å². The van der Waals surface area contributed by atoms with E-state index in [1.54, 1.807) is 10.8 Å².